The van der Waals surface area contributed by atoms with Gasteiger partial charge in [-0.2, -0.15) is 4.98 Å². The molecule has 142 valence electrons. The van der Waals surface area contributed by atoms with E-state index in [9.17, 15) is 4.79 Å². The van der Waals surface area contributed by atoms with Gasteiger partial charge >= 0.3 is 0 Å². The van der Waals surface area contributed by atoms with Crippen molar-refractivity contribution in [3.8, 4) is 17.1 Å². The van der Waals surface area contributed by atoms with E-state index in [2.05, 4.69) is 15.2 Å². The van der Waals surface area contributed by atoms with Crippen LogP contribution in [0.3, 0.4) is 0 Å². The summed E-state index contributed by atoms with van der Waals surface area (Å²) in [6.07, 6.45) is 1.24. The zero-order valence-corrected chi connectivity index (χ0v) is 16.9. The molecule has 0 saturated heterocycles. The molecule has 0 radical (unpaired) electrons. The largest absolute Gasteiger partial charge is 0.447 e. The second kappa shape index (κ2) is 7.24. The molecule has 0 saturated carbocycles. The Labute approximate surface area is 168 Å². The Morgan fingerprint density at radius 2 is 1.93 bits per heavy atom. The Hall–Kier alpha value is -2.93. The van der Waals surface area contributed by atoms with Crippen LogP contribution in [0.15, 0.2) is 47.6 Å². The first-order valence-corrected chi connectivity index (χ1v) is 10.1. The van der Waals surface area contributed by atoms with Gasteiger partial charge in [-0.15, -0.1) is 10.2 Å². The molecule has 4 rings (SSSR count). The van der Waals surface area contributed by atoms with Gasteiger partial charge in [0.05, 0.1) is 5.69 Å². The summed E-state index contributed by atoms with van der Waals surface area (Å²) in [7, 11) is 0. The van der Waals surface area contributed by atoms with Gasteiger partial charge in [0.25, 0.3) is 0 Å². The van der Waals surface area contributed by atoms with Gasteiger partial charge in [0.1, 0.15) is 0 Å². The number of thioether (sulfide) groups is 1. The van der Waals surface area contributed by atoms with Crippen molar-refractivity contribution in [1.82, 2.24) is 15.2 Å². The highest BCUT2D eigenvalue weighted by Crippen LogP contribution is 2.44. The van der Waals surface area contributed by atoms with Gasteiger partial charge in [-0.25, -0.2) is 0 Å². The third-order valence-corrected chi connectivity index (χ3v) is 5.27. The summed E-state index contributed by atoms with van der Waals surface area (Å²) < 4.78 is 6.34. The van der Waals surface area contributed by atoms with E-state index in [1.807, 2.05) is 62.6 Å². The maximum Gasteiger partial charge on any atom is 0.247 e. The SMILES string of the molecule is CSc1nnc2c(n1)O[C@@H](c1ccccc1C)N(C(C)=O)c1ccc(C)cc1-2. The number of fused-ring (bicyclic) bond motifs is 3. The number of aryl methyl sites for hydroxylation is 2. The van der Waals surface area contributed by atoms with Crippen molar-refractivity contribution in [2.24, 2.45) is 0 Å². The highest BCUT2D eigenvalue weighted by Gasteiger charge is 2.35. The summed E-state index contributed by atoms with van der Waals surface area (Å²) in [4.78, 5) is 19.0. The third kappa shape index (κ3) is 3.11. The van der Waals surface area contributed by atoms with Crippen LogP contribution in [-0.2, 0) is 4.79 Å². The van der Waals surface area contributed by atoms with Crippen LogP contribution in [0.2, 0.25) is 0 Å². The lowest BCUT2D eigenvalue weighted by Gasteiger charge is -2.30. The lowest BCUT2D eigenvalue weighted by Crippen LogP contribution is -2.36. The number of ether oxygens (including phenoxy) is 1. The van der Waals surface area contributed by atoms with Gasteiger partial charge in [0, 0.05) is 18.1 Å². The van der Waals surface area contributed by atoms with Gasteiger partial charge in [-0.05, 0) is 37.8 Å². The number of benzene rings is 2. The highest BCUT2D eigenvalue weighted by atomic mass is 32.2. The van der Waals surface area contributed by atoms with Gasteiger partial charge in [0.2, 0.25) is 23.2 Å². The molecular formula is C21H20N4O2S. The number of rotatable bonds is 2. The number of hydrogen-bond acceptors (Lipinski definition) is 6. The molecule has 1 aliphatic heterocycles. The number of nitrogens with zero attached hydrogens (tertiary/aromatic N) is 4. The van der Waals surface area contributed by atoms with Crippen molar-refractivity contribution in [3.05, 3.63) is 59.2 Å². The number of hydrogen-bond donors (Lipinski definition) is 0. The first-order valence-electron chi connectivity index (χ1n) is 8.91. The minimum atomic E-state index is -0.646. The maximum absolute atomic E-state index is 12.8. The summed E-state index contributed by atoms with van der Waals surface area (Å²) >= 11 is 1.39. The monoisotopic (exact) mass is 392 g/mol. The van der Waals surface area contributed by atoms with Crippen LogP contribution in [0.25, 0.3) is 11.3 Å². The van der Waals surface area contributed by atoms with Crippen LogP contribution in [0, 0.1) is 13.8 Å². The summed E-state index contributed by atoms with van der Waals surface area (Å²) in [6.45, 7) is 5.55. The van der Waals surface area contributed by atoms with Gasteiger partial charge in [-0.3, -0.25) is 9.69 Å². The summed E-state index contributed by atoms with van der Waals surface area (Å²) in [5, 5.41) is 9.09. The van der Waals surface area contributed by atoms with E-state index in [1.54, 1.807) is 11.8 Å². The van der Waals surface area contributed by atoms with E-state index in [0.29, 0.717) is 16.7 Å². The lowest BCUT2D eigenvalue weighted by atomic mass is 10.0. The average molecular weight is 392 g/mol. The molecule has 0 aliphatic carbocycles. The lowest BCUT2D eigenvalue weighted by molar-refractivity contribution is -0.118. The summed E-state index contributed by atoms with van der Waals surface area (Å²) in [5.74, 6) is 0.257. The number of aromatic nitrogens is 3. The molecule has 28 heavy (non-hydrogen) atoms. The second-order valence-electron chi connectivity index (χ2n) is 6.69. The molecule has 0 fully saturated rings. The molecule has 2 heterocycles. The van der Waals surface area contributed by atoms with E-state index >= 15 is 0 Å². The molecule has 0 bridgehead atoms. The van der Waals surface area contributed by atoms with Crippen molar-refractivity contribution in [1.29, 1.82) is 0 Å². The number of carbonyl (C=O) groups excluding carboxylic acids is 1. The topological polar surface area (TPSA) is 68.2 Å². The molecule has 0 spiro atoms. The Balaban J connectivity index is 2.02. The molecular weight excluding hydrogens is 372 g/mol. The number of anilines is 1. The van der Waals surface area contributed by atoms with Crippen LogP contribution in [-0.4, -0.2) is 27.3 Å². The Bertz CT molecular complexity index is 1070. The maximum atomic E-state index is 12.8. The van der Waals surface area contributed by atoms with Gasteiger partial charge in [-0.1, -0.05) is 47.7 Å². The quantitative estimate of drug-likeness (QED) is 0.605. The highest BCUT2D eigenvalue weighted by molar-refractivity contribution is 7.98. The zero-order chi connectivity index (χ0) is 19.8. The third-order valence-electron chi connectivity index (χ3n) is 4.74. The second-order valence-corrected chi connectivity index (χ2v) is 7.46. The van der Waals surface area contributed by atoms with Crippen molar-refractivity contribution in [2.45, 2.75) is 32.2 Å². The predicted molar refractivity (Wildman–Crippen MR) is 109 cm³/mol. The van der Waals surface area contributed by atoms with Crippen molar-refractivity contribution >= 4 is 23.4 Å². The zero-order valence-electron chi connectivity index (χ0n) is 16.1. The van der Waals surface area contributed by atoms with Gasteiger partial charge < -0.3 is 4.74 Å². The Kier molecular flexibility index (Phi) is 4.77. The van der Waals surface area contributed by atoms with Crippen molar-refractivity contribution in [2.75, 3.05) is 11.2 Å². The Morgan fingerprint density at radius 3 is 2.64 bits per heavy atom. The fourth-order valence-electron chi connectivity index (χ4n) is 3.37. The molecule has 1 aromatic heterocycles. The standard InChI is InChI=1S/C21H20N4O2S/c1-12-9-10-17-16(11-12)18-19(22-21(28-4)24-23-18)27-20(25(17)14(3)26)15-8-6-5-7-13(15)2/h5-11,20H,1-4H3/t20-/m0/s1. The predicted octanol–water partition coefficient (Wildman–Crippen LogP) is 4.32. The molecule has 6 nitrogen and oxygen atoms in total. The van der Waals surface area contributed by atoms with E-state index < -0.39 is 6.23 Å². The molecule has 1 aliphatic rings. The minimum absolute atomic E-state index is 0.121. The molecule has 0 N–H and O–H groups in total. The first-order chi connectivity index (χ1) is 13.5. The summed E-state index contributed by atoms with van der Waals surface area (Å²) in [6, 6.07) is 13.8. The summed E-state index contributed by atoms with van der Waals surface area (Å²) in [5.41, 5.74) is 5.05. The molecule has 0 unspecified atom stereocenters. The first kappa shape index (κ1) is 18.4. The fourth-order valence-corrected chi connectivity index (χ4v) is 3.67. The molecule has 1 atom stereocenters. The minimum Gasteiger partial charge on any atom is -0.447 e. The Morgan fingerprint density at radius 1 is 1.14 bits per heavy atom. The van der Waals surface area contributed by atoms with Crippen LogP contribution in [0.1, 0.15) is 29.8 Å². The van der Waals surface area contributed by atoms with Crippen molar-refractivity contribution < 1.29 is 9.53 Å². The molecule has 2 aromatic carbocycles. The van der Waals surface area contributed by atoms with Crippen LogP contribution < -0.4 is 9.64 Å². The van der Waals surface area contributed by atoms with E-state index in [0.717, 1.165) is 27.9 Å². The van der Waals surface area contributed by atoms with Crippen LogP contribution in [0.5, 0.6) is 5.88 Å². The molecule has 1 amide bonds. The van der Waals surface area contributed by atoms with Crippen molar-refractivity contribution in [3.63, 3.8) is 0 Å². The number of carbonyl (C=O) groups is 1. The van der Waals surface area contributed by atoms with E-state index in [4.69, 9.17) is 4.74 Å². The van der Waals surface area contributed by atoms with Gasteiger partial charge in [0.15, 0.2) is 5.69 Å². The van der Waals surface area contributed by atoms with E-state index in [-0.39, 0.29) is 5.91 Å². The normalized spacial score (nSPS) is 15.3. The van der Waals surface area contributed by atoms with E-state index in [1.165, 1.54) is 11.8 Å². The fraction of sp³-hybridized carbons (Fsp3) is 0.238. The molecule has 7 heteroatoms. The van der Waals surface area contributed by atoms with Crippen LogP contribution in [0.4, 0.5) is 5.69 Å². The smallest absolute Gasteiger partial charge is 0.247 e. The average Bonchev–Trinajstić information content (AvgIpc) is 2.82. The number of amides is 1. The van der Waals surface area contributed by atoms with Crippen LogP contribution >= 0.6 is 11.8 Å². The molecule has 3 aromatic rings.